The lowest BCUT2D eigenvalue weighted by Crippen LogP contribution is -2.37. The Morgan fingerprint density at radius 1 is 0.825 bits per heavy atom. The topological polar surface area (TPSA) is 88.1 Å². The first-order valence-corrected chi connectivity index (χ1v) is 14.8. The van der Waals surface area contributed by atoms with Crippen LogP contribution in [-0.2, 0) is 32.6 Å². The lowest BCUT2D eigenvalue weighted by Gasteiger charge is -2.38. The highest BCUT2D eigenvalue weighted by Gasteiger charge is 2.33. The maximum atomic E-state index is 12.9. The standard InChI is InChI=1S/C32H34N2O5S/c1-34(21-24-9-4-2-5-10-24)22-29-20-31(26-17-15-25(23-35)16-18-26)39-32(38-29)27-11-8-12-28(19-27)33-40(36,37)30-13-6-3-7-14-30/h2-19,29,31-33,35H,20-23H2,1H3. The zero-order valence-corrected chi connectivity index (χ0v) is 23.2. The molecular formula is C32H34N2O5S. The minimum atomic E-state index is -3.74. The smallest absolute Gasteiger partial charge is 0.261 e. The Morgan fingerprint density at radius 2 is 1.52 bits per heavy atom. The molecule has 7 nitrogen and oxygen atoms in total. The maximum absolute atomic E-state index is 12.9. The Kier molecular flexibility index (Phi) is 8.94. The van der Waals surface area contributed by atoms with Gasteiger partial charge in [-0.2, -0.15) is 0 Å². The first-order chi connectivity index (χ1) is 19.4. The summed E-state index contributed by atoms with van der Waals surface area (Å²) in [7, 11) is -1.66. The molecule has 1 heterocycles. The van der Waals surface area contributed by atoms with Crippen molar-refractivity contribution >= 4 is 15.7 Å². The average Bonchev–Trinajstić information content (AvgIpc) is 2.98. The van der Waals surface area contributed by atoms with E-state index in [0.29, 0.717) is 18.7 Å². The van der Waals surface area contributed by atoms with Crippen molar-refractivity contribution in [1.82, 2.24) is 4.90 Å². The molecule has 5 rings (SSSR count). The SMILES string of the molecule is CN(Cc1ccccc1)CC1CC(c2ccc(CO)cc2)OC(c2cccc(NS(=O)(=O)c3ccccc3)c2)O1. The first kappa shape index (κ1) is 28.0. The normalized spacial score (nSPS) is 19.4. The van der Waals surface area contributed by atoms with E-state index in [1.807, 2.05) is 48.5 Å². The summed E-state index contributed by atoms with van der Waals surface area (Å²) >= 11 is 0. The minimum Gasteiger partial charge on any atom is -0.392 e. The molecule has 0 bridgehead atoms. The van der Waals surface area contributed by atoms with Crippen molar-refractivity contribution in [1.29, 1.82) is 0 Å². The molecule has 4 aromatic carbocycles. The van der Waals surface area contributed by atoms with E-state index >= 15 is 0 Å². The van der Waals surface area contributed by atoms with E-state index < -0.39 is 16.3 Å². The molecule has 2 N–H and O–H groups in total. The summed E-state index contributed by atoms with van der Waals surface area (Å²) in [5.74, 6) is 0. The van der Waals surface area contributed by atoms with Gasteiger partial charge in [0.05, 0.1) is 23.7 Å². The fourth-order valence-corrected chi connectivity index (χ4v) is 5.97. The lowest BCUT2D eigenvalue weighted by molar-refractivity contribution is -0.252. The van der Waals surface area contributed by atoms with Crippen LogP contribution in [0.2, 0.25) is 0 Å². The Balaban J connectivity index is 1.36. The van der Waals surface area contributed by atoms with Gasteiger partial charge in [-0.05, 0) is 48.0 Å². The van der Waals surface area contributed by atoms with Crippen LogP contribution in [0.15, 0.2) is 114 Å². The lowest BCUT2D eigenvalue weighted by atomic mass is 9.99. The van der Waals surface area contributed by atoms with Gasteiger partial charge in [0.25, 0.3) is 10.0 Å². The average molecular weight is 559 g/mol. The van der Waals surface area contributed by atoms with Gasteiger partial charge in [0.15, 0.2) is 6.29 Å². The molecule has 0 radical (unpaired) electrons. The Hall–Kier alpha value is -3.53. The molecule has 0 spiro atoms. The van der Waals surface area contributed by atoms with Crippen LogP contribution in [0.3, 0.4) is 0 Å². The third-order valence-corrected chi connectivity index (χ3v) is 8.29. The molecule has 0 aromatic heterocycles. The van der Waals surface area contributed by atoms with E-state index in [4.69, 9.17) is 9.47 Å². The summed E-state index contributed by atoms with van der Waals surface area (Å²) < 4.78 is 41.4. The number of rotatable bonds is 10. The predicted octanol–water partition coefficient (Wildman–Crippen LogP) is 5.66. The van der Waals surface area contributed by atoms with Gasteiger partial charge in [0.1, 0.15) is 0 Å². The van der Waals surface area contributed by atoms with E-state index in [-0.39, 0.29) is 23.7 Å². The molecule has 3 atom stereocenters. The summed E-state index contributed by atoms with van der Waals surface area (Å²) in [6.45, 7) is 1.47. The van der Waals surface area contributed by atoms with Gasteiger partial charge in [0, 0.05) is 30.8 Å². The number of hydrogen-bond donors (Lipinski definition) is 2. The molecule has 3 unspecified atom stereocenters. The van der Waals surface area contributed by atoms with E-state index in [9.17, 15) is 13.5 Å². The van der Waals surface area contributed by atoms with Crippen molar-refractivity contribution in [3.63, 3.8) is 0 Å². The Bertz CT molecular complexity index is 1480. The molecule has 0 amide bonds. The summed E-state index contributed by atoms with van der Waals surface area (Å²) in [6, 6.07) is 33.5. The number of aliphatic hydroxyl groups is 1. The predicted molar refractivity (Wildman–Crippen MR) is 155 cm³/mol. The summed E-state index contributed by atoms with van der Waals surface area (Å²) in [5.41, 5.74) is 4.22. The largest absolute Gasteiger partial charge is 0.392 e. The fraction of sp³-hybridized carbons (Fsp3) is 0.250. The number of likely N-dealkylation sites (N-methyl/N-ethyl adjacent to an activating group) is 1. The van der Waals surface area contributed by atoms with Crippen molar-refractivity contribution in [2.75, 3.05) is 18.3 Å². The van der Waals surface area contributed by atoms with Gasteiger partial charge in [-0.25, -0.2) is 8.42 Å². The number of ether oxygens (including phenoxy) is 2. The van der Waals surface area contributed by atoms with Gasteiger partial charge < -0.3 is 14.6 Å². The number of sulfonamides is 1. The zero-order chi connectivity index (χ0) is 28.0. The number of nitrogens with one attached hydrogen (secondary N) is 1. The van der Waals surface area contributed by atoms with Gasteiger partial charge in [-0.15, -0.1) is 0 Å². The van der Waals surface area contributed by atoms with Gasteiger partial charge in [-0.1, -0.05) is 84.9 Å². The van der Waals surface area contributed by atoms with Crippen molar-refractivity contribution in [3.05, 3.63) is 131 Å². The fourth-order valence-electron chi connectivity index (χ4n) is 4.90. The summed E-state index contributed by atoms with van der Waals surface area (Å²) in [5, 5.41) is 9.47. The van der Waals surface area contributed by atoms with Crippen LogP contribution in [0.5, 0.6) is 0 Å². The van der Waals surface area contributed by atoms with Crippen LogP contribution < -0.4 is 4.72 Å². The molecular weight excluding hydrogens is 524 g/mol. The van der Waals surface area contributed by atoms with Crippen molar-refractivity contribution in [2.45, 2.75) is 43.0 Å². The number of benzene rings is 4. The van der Waals surface area contributed by atoms with E-state index in [1.54, 1.807) is 48.5 Å². The third kappa shape index (κ3) is 7.15. The van der Waals surface area contributed by atoms with Gasteiger partial charge >= 0.3 is 0 Å². The zero-order valence-electron chi connectivity index (χ0n) is 22.4. The number of anilines is 1. The van der Waals surface area contributed by atoms with Crippen molar-refractivity contribution < 1.29 is 23.0 Å². The third-order valence-electron chi connectivity index (χ3n) is 6.89. The highest BCUT2D eigenvalue weighted by Crippen LogP contribution is 2.38. The van der Waals surface area contributed by atoms with Gasteiger partial charge in [0.2, 0.25) is 0 Å². The molecule has 8 heteroatoms. The van der Waals surface area contributed by atoms with Crippen LogP contribution in [0, 0.1) is 0 Å². The van der Waals surface area contributed by atoms with Crippen LogP contribution in [0.1, 0.15) is 41.1 Å². The summed E-state index contributed by atoms with van der Waals surface area (Å²) in [4.78, 5) is 2.43. The van der Waals surface area contributed by atoms with Crippen LogP contribution in [0.4, 0.5) is 5.69 Å². The molecule has 1 aliphatic rings. The molecule has 0 aliphatic carbocycles. The van der Waals surface area contributed by atoms with E-state index in [0.717, 1.165) is 23.2 Å². The van der Waals surface area contributed by atoms with Crippen LogP contribution >= 0.6 is 0 Å². The highest BCUT2D eigenvalue weighted by molar-refractivity contribution is 7.92. The Labute approximate surface area is 236 Å². The molecule has 40 heavy (non-hydrogen) atoms. The second-order valence-electron chi connectivity index (χ2n) is 10.1. The second kappa shape index (κ2) is 12.8. The molecule has 0 saturated carbocycles. The van der Waals surface area contributed by atoms with Crippen molar-refractivity contribution in [2.24, 2.45) is 0 Å². The Morgan fingerprint density at radius 3 is 2.23 bits per heavy atom. The molecule has 4 aromatic rings. The highest BCUT2D eigenvalue weighted by atomic mass is 32.2. The number of nitrogens with zero attached hydrogens (tertiary/aromatic N) is 1. The monoisotopic (exact) mass is 558 g/mol. The first-order valence-electron chi connectivity index (χ1n) is 13.3. The van der Waals surface area contributed by atoms with Crippen LogP contribution in [-0.4, -0.2) is 38.1 Å². The summed E-state index contributed by atoms with van der Waals surface area (Å²) in [6.07, 6.45) is -0.382. The van der Waals surface area contributed by atoms with Gasteiger partial charge in [-0.3, -0.25) is 9.62 Å². The minimum absolute atomic E-state index is 0.0177. The number of aliphatic hydroxyl groups excluding tert-OH is 1. The molecule has 208 valence electrons. The van der Waals surface area contributed by atoms with Crippen molar-refractivity contribution in [3.8, 4) is 0 Å². The van der Waals surface area contributed by atoms with E-state index in [1.165, 1.54) is 5.56 Å². The van der Waals surface area contributed by atoms with E-state index in [2.05, 4.69) is 28.8 Å². The molecule has 1 saturated heterocycles. The maximum Gasteiger partial charge on any atom is 0.261 e. The quantitative estimate of drug-likeness (QED) is 0.261. The molecule has 1 aliphatic heterocycles. The van der Waals surface area contributed by atoms with Crippen LogP contribution in [0.25, 0.3) is 0 Å². The molecule has 1 fully saturated rings. The second-order valence-corrected chi connectivity index (χ2v) is 11.8. The number of hydrogen-bond acceptors (Lipinski definition) is 6.